The van der Waals surface area contributed by atoms with E-state index in [2.05, 4.69) is 116 Å². The maximum Gasteiger partial charge on any atom is 0.469 e. The molecule has 0 heterocycles. The lowest BCUT2D eigenvalue weighted by Crippen LogP contribution is -2.29. The first kappa shape index (κ1) is 49.0. The van der Waals surface area contributed by atoms with Gasteiger partial charge in [-0.25, -0.2) is 4.57 Å². The fraction of sp³-hybridized carbons (Fsp3) is 0.581. The number of hydrogen-bond acceptors (Lipinski definition) is 6. The van der Waals surface area contributed by atoms with Crippen molar-refractivity contribution in [1.82, 2.24) is 0 Å². The van der Waals surface area contributed by atoms with Crippen molar-refractivity contribution in [1.29, 1.82) is 0 Å². The SMILES string of the molecule is CCC/C=C/C/C=C/C/C=C/C/C=C/CCCCCC(=O)OC[C@H](COP(=O)(O)O)OC(=O)CCCCC/C=C/C/C=C/C/C=C/C/C=C/CCC. The standard InChI is InChI=1S/C43H69O8P/c1-3-5-7-9-11-13-15-17-19-21-23-25-27-29-31-33-35-37-42(44)49-39-41(40-50-52(46,47)48)51-43(45)38-36-34-32-30-28-26-24-22-20-18-16-14-12-10-8-6-4-2/h7-10,13-16,19-22,25-28,41H,3-6,11-12,17-18,23-24,29-40H2,1-2H3,(H2,46,47,48)/b9-7+,10-8+,15-13+,16-14+,21-19+,22-20+,27-25+,28-26+/t41-/m1/s1. The third-order valence-corrected chi connectivity index (χ3v) is 8.02. The molecule has 1 atom stereocenters. The molecule has 0 aromatic rings. The molecule has 0 spiro atoms. The Kier molecular flexibility index (Phi) is 35.5. The van der Waals surface area contributed by atoms with Crippen molar-refractivity contribution in [3.05, 3.63) is 97.2 Å². The van der Waals surface area contributed by atoms with Crippen molar-refractivity contribution >= 4 is 19.8 Å². The lowest BCUT2D eigenvalue weighted by atomic mass is 10.1. The first-order chi connectivity index (χ1) is 25.3. The summed E-state index contributed by atoms with van der Waals surface area (Å²) in [4.78, 5) is 42.8. The molecule has 0 unspecified atom stereocenters. The smallest absolute Gasteiger partial charge is 0.462 e. The van der Waals surface area contributed by atoms with Crippen LogP contribution in [0.2, 0.25) is 0 Å². The van der Waals surface area contributed by atoms with E-state index in [9.17, 15) is 14.2 Å². The van der Waals surface area contributed by atoms with E-state index in [0.717, 1.165) is 89.9 Å². The van der Waals surface area contributed by atoms with Gasteiger partial charge in [0.25, 0.3) is 0 Å². The molecule has 52 heavy (non-hydrogen) atoms. The van der Waals surface area contributed by atoms with Gasteiger partial charge in [-0.2, -0.15) is 0 Å². The van der Waals surface area contributed by atoms with E-state index >= 15 is 0 Å². The van der Waals surface area contributed by atoms with E-state index in [4.69, 9.17) is 19.3 Å². The molecule has 0 rings (SSSR count). The average molecular weight is 745 g/mol. The molecule has 0 fully saturated rings. The van der Waals surface area contributed by atoms with Crippen molar-refractivity contribution in [3.8, 4) is 0 Å². The molecule has 8 nitrogen and oxygen atoms in total. The fourth-order valence-corrected chi connectivity index (χ4v) is 5.01. The zero-order valence-corrected chi connectivity index (χ0v) is 33.1. The molecule has 0 saturated carbocycles. The molecule has 0 aromatic carbocycles. The summed E-state index contributed by atoms with van der Waals surface area (Å²) in [5.74, 6) is -0.969. The normalized spacial score (nSPS) is 13.5. The van der Waals surface area contributed by atoms with Crippen LogP contribution < -0.4 is 0 Å². The second-order valence-corrected chi connectivity index (χ2v) is 13.8. The molecular weight excluding hydrogens is 675 g/mol. The molecule has 0 amide bonds. The zero-order valence-electron chi connectivity index (χ0n) is 32.2. The first-order valence-electron chi connectivity index (χ1n) is 19.5. The minimum absolute atomic E-state index is 0.161. The summed E-state index contributed by atoms with van der Waals surface area (Å²) in [7, 11) is -4.78. The Hall–Kier alpha value is -3.03. The van der Waals surface area contributed by atoms with Gasteiger partial charge in [0.15, 0.2) is 6.10 Å². The Morgan fingerprint density at radius 3 is 1.25 bits per heavy atom. The van der Waals surface area contributed by atoms with E-state index in [-0.39, 0.29) is 19.4 Å². The van der Waals surface area contributed by atoms with Crippen molar-refractivity contribution in [2.24, 2.45) is 0 Å². The van der Waals surface area contributed by atoms with Gasteiger partial charge in [-0.05, 0) is 89.9 Å². The minimum atomic E-state index is -4.78. The fourth-order valence-electron chi connectivity index (χ4n) is 4.65. The third-order valence-electron chi connectivity index (χ3n) is 7.54. The number of hydrogen-bond donors (Lipinski definition) is 2. The summed E-state index contributed by atoms with van der Waals surface area (Å²) in [6.45, 7) is 3.47. The Balaban J connectivity index is 4.11. The zero-order chi connectivity index (χ0) is 38.2. The highest BCUT2D eigenvalue weighted by Crippen LogP contribution is 2.35. The van der Waals surface area contributed by atoms with Gasteiger partial charge < -0.3 is 19.3 Å². The monoisotopic (exact) mass is 744 g/mol. The van der Waals surface area contributed by atoms with E-state index in [1.54, 1.807) is 0 Å². The number of unbranched alkanes of at least 4 members (excludes halogenated alkanes) is 8. The molecule has 9 heteroatoms. The quantitative estimate of drug-likeness (QED) is 0.0289. The van der Waals surface area contributed by atoms with E-state index in [0.29, 0.717) is 12.8 Å². The van der Waals surface area contributed by atoms with Gasteiger partial charge in [-0.15, -0.1) is 0 Å². The second kappa shape index (κ2) is 37.7. The largest absolute Gasteiger partial charge is 0.469 e. The molecule has 0 aliphatic rings. The molecule has 0 saturated heterocycles. The summed E-state index contributed by atoms with van der Waals surface area (Å²) in [6.07, 6.45) is 51.2. The number of phosphoric ester groups is 1. The van der Waals surface area contributed by atoms with Crippen LogP contribution in [0.5, 0.6) is 0 Å². The van der Waals surface area contributed by atoms with Crippen LogP contribution in [-0.2, 0) is 28.2 Å². The number of phosphoric acid groups is 1. The van der Waals surface area contributed by atoms with Crippen LogP contribution >= 0.6 is 7.82 Å². The number of esters is 2. The Morgan fingerprint density at radius 2 is 0.865 bits per heavy atom. The summed E-state index contributed by atoms with van der Waals surface area (Å²) in [6, 6.07) is 0. The number of rotatable bonds is 34. The summed E-state index contributed by atoms with van der Waals surface area (Å²) in [5.41, 5.74) is 0. The summed E-state index contributed by atoms with van der Waals surface area (Å²) in [5, 5.41) is 0. The number of carbonyl (C=O) groups excluding carboxylic acids is 2. The molecule has 2 N–H and O–H groups in total. The maximum absolute atomic E-state index is 12.4. The molecule has 0 aliphatic heterocycles. The lowest BCUT2D eigenvalue weighted by molar-refractivity contribution is -0.161. The van der Waals surface area contributed by atoms with Gasteiger partial charge in [0.2, 0.25) is 0 Å². The number of carbonyl (C=O) groups is 2. The van der Waals surface area contributed by atoms with Gasteiger partial charge in [-0.1, -0.05) is 137 Å². The number of allylic oxidation sites excluding steroid dienone is 16. The molecular formula is C43H69O8P. The second-order valence-electron chi connectivity index (χ2n) is 12.5. The van der Waals surface area contributed by atoms with Crippen LogP contribution in [0.3, 0.4) is 0 Å². The van der Waals surface area contributed by atoms with Crippen LogP contribution in [-0.4, -0.2) is 41.0 Å². The summed E-state index contributed by atoms with van der Waals surface area (Å²) < 4.78 is 26.3. The van der Waals surface area contributed by atoms with Crippen LogP contribution in [0.4, 0.5) is 0 Å². The van der Waals surface area contributed by atoms with Crippen LogP contribution in [0, 0.1) is 0 Å². The van der Waals surface area contributed by atoms with Gasteiger partial charge in [0.05, 0.1) is 6.61 Å². The predicted octanol–water partition coefficient (Wildman–Crippen LogP) is 11.8. The summed E-state index contributed by atoms with van der Waals surface area (Å²) >= 11 is 0. The topological polar surface area (TPSA) is 119 Å². The average Bonchev–Trinajstić information content (AvgIpc) is 3.11. The molecule has 294 valence electrons. The van der Waals surface area contributed by atoms with Crippen LogP contribution in [0.25, 0.3) is 0 Å². The molecule has 0 bridgehead atoms. The lowest BCUT2D eigenvalue weighted by Gasteiger charge is -2.18. The maximum atomic E-state index is 12.4. The van der Waals surface area contributed by atoms with Crippen molar-refractivity contribution in [2.45, 2.75) is 148 Å². The van der Waals surface area contributed by atoms with Gasteiger partial charge in [-0.3, -0.25) is 14.1 Å². The van der Waals surface area contributed by atoms with Gasteiger partial charge in [0, 0.05) is 12.8 Å². The molecule has 0 aliphatic carbocycles. The highest BCUT2D eigenvalue weighted by molar-refractivity contribution is 7.46. The van der Waals surface area contributed by atoms with E-state index < -0.39 is 32.5 Å². The predicted molar refractivity (Wildman–Crippen MR) is 216 cm³/mol. The van der Waals surface area contributed by atoms with Gasteiger partial charge >= 0.3 is 19.8 Å². The first-order valence-corrected chi connectivity index (χ1v) is 21.1. The number of ether oxygens (including phenoxy) is 2. The Morgan fingerprint density at radius 1 is 0.500 bits per heavy atom. The van der Waals surface area contributed by atoms with Gasteiger partial charge in [0.1, 0.15) is 6.61 Å². The van der Waals surface area contributed by atoms with Crippen molar-refractivity contribution in [2.75, 3.05) is 13.2 Å². The van der Waals surface area contributed by atoms with Crippen LogP contribution in [0.15, 0.2) is 97.2 Å². The Labute approximate surface area is 315 Å². The van der Waals surface area contributed by atoms with Crippen LogP contribution in [0.1, 0.15) is 142 Å². The highest BCUT2D eigenvalue weighted by Gasteiger charge is 2.22. The molecule has 0 aromatic heterocycles. The van der Waals surface area contributed by atoms with E-state index in [1.807, 2.05) is 0 Å². The van der Waals surface area contributed by atoms with Crippen molar-refractivity contribution in [3.63, 3.8) is 0 Å². The third kappa shape index (κ3) is 39.8. The van der Waals surface area contributed by atoms with E-state index in [1.165, 1.54) is 12.8 Å². The highest BCUT2D eigenvalue weighted by atomic mass is 31.2. The van der Waals surface area contributed by atoms with Crippen molar-refractivity contribution < 1.29 is 37.9 Å². The minimum Gasteiger partial charge on any atom is -0.462 e. The Bertz CT molecular complexity index is 1160. The molecule has 0 radical (unpaired) electrons.